The Kier molecular flexibility index (Phi) is 5.85. The van der Waals surface area contributed by atoms with Gasteiger partial charge in [-0.25, -0.2) is 4.79 Å². The fourth-order valence-corrected chi connectivity index (χ4v) is 2.46. The number of nitrogens with one attached hydrogen (secondary N) is 2. The molecule has 1 saturated carbocycles. The second-order valence-corrected chi connectivity index (χ2v) is 6.45. The van der Waals surface area contributed by atoms with Crippen molar-refractivity contribution in [3.8, 4) is 0 Å². The zero-order chi connectivity index (χ0) is 14.5. The monoisotopic (exact) mass is 268 g/mol. The largest absolute Gasteiger partial charge is 0.444 e. The molecule has 1 aliphatic carbocycles. The number of hydrogen-bond acceptors (Lipinski definition) is 3. The van der Waals surface area contributed by atoms with Gasteiger partial charge in [-0.2, -0.15) is 0 Å². The molecule has 1 fully saturated rings. The van der Waals surface area contributed by atoms with E-state index in [2.05, 4.69) is 24.1 Å². The highest BCUT2D eigenvalue weighted by Gasteiger charge is 2.27. The van der Waals surface area contributed by atoms with Crippen LogP contribution in [0.15, 0.2) is 12.7 Å². The van der Waals surface area contributed by atoms with E-state index in [0.29, 0.717) is 12.1 Å². The van der Waals surface area contributed by atoms with Crippen LogP contribution in [-0.2, 0) is 4.74 Å². The number of carbonyl (C=O) groups excluding carboxylic acids is 1. The molecule has 0 aliphatic heterocycles. The van der Waals surface area contributed by atoms with Crippen LogP contribution in [0.2, 0.25) is 0 Å². The third kappa shape index (κ3) is 6.62. The third-order valence-corrected chi connectivity index (χ3v) is 3.19. The molecular weight excluding hydrogens is 240 g/mol. The van der Waals surface area contributed by atoms with E-state index in [0.717, 1.165) is 25.7 Å². The number of amides is 1. The molecule has 2 N–H and O–H groups in total. The molecule has 0 aromatic carbocycles. The zero-order valence-electron chi connectivity index (χ0n) is 12.7. The Labute approximate surface area is 117 Å². The Bertz CT molecular complexity index is 310. The van der Waals surface area contributed by atoms with Crippen LogP contribution >= 0.6 is 0 Å². The summed E-state index contributed by atoms with van der Waals surface area (Å²) >= 11 is 0. The predicted molar refractivity (Wildman–Crippen MR) is 78.2 cm³/mol. The number of alkyl carbamates (subject to hydrolysis) is 1. The van der Waals surface area contributed by atoms with Gasteiger partial charge in [0.1, 0.15) is 5.60 Å². The van der Waals surface area contributed by atoms with Gasteiger partial charge in [-0.15, -0.1) is 6.58 Å². The van der Waals surface area contributed by atoms with Crippen LogP contribution in [0.3, 0.4) is 0 Å². The van der Waals surface area contributed by atoms with Crippen LogP contribution in [0.5, 0.6) is 0 Å². The Morgan fingerprint density at radius 1 is 1.42 bits per heavy atom. The zero-order valence-corrected chi connectivity index (χ0v) is 12.7. The maximum Gasteiger partial charge on any atom is 0.407 e. The second kappa shape index (κ2) is 6.94. The Morgan fingerprint density at radius 2 is 2.05 bits per heavy atom. The van der Waals surface area contributed by atoms with Gasteiger partial charge in [-0.3, -0.25) is 0 Å². The quantitative estimate of drug-likeness (QED) is 0.754. The van der Waals surface area contributed by atoms with Gasteiger partial charge < -0.3 is 15.4 Å². The van der Waals surface area contributed by atoms with Crippen molar-refractivity contribution in [2.75, 3.05) is 0 Å². The molecule has 1 aliphatic rings. The van der Waals surface area contributed by atoms with Crippen LogP contribution in [-0.4, -0.2) is 29.8 Å². The number of rotatable bonds is 5. The molecule has 110 valence electrons. The summed E-state index contributed by atoms with van der Waals surface area (Å²) in [4.78, 5) is 11.7. The maximum absolute atomic E-state index is 11.7. The van der Waals surface area contributed by atoms with Gasteiger partial charge in [-0.05, 0) is 53.4 Å². The van der Waals surface area contributed by atoms with E-state index in [1.807, 2.05) is 26.8 Å². The van der Waals surface area contributed by atoms with E-state index in [1.165, 1.54) is 0 Å². The first kappa shape index (κ1) is 16.0. The average molecular weight is 268 g/mol. The van der Waals surface area contributed by atoms with Crippen molar-refractivity contribution in [3.05, 3.63) is 12.7 Å². The van der Waals surface area contributed by atoms with Crippen molar-refractivity contribution >= 4 is 6.09 Å². The van der Waals surface area contributed by atoms with E-state index in [4.69, 9.17) is 4.74 Å². The summed E-state index contributed by atoms with van der Waals surface area (Å²) in [7, 11) is 0. The van der Waals surface area contributed by atoms with Crippen molar-refractivity contribution in [2.24, 2.45) is 0 Å². The number of hydrogen-bond donors (Lipinski definition) is 2. The van der Waals surface area contributed by atoms with E-state index >= 15 is 0 Å². The van der Waals surface area contributed by atoms with E-state index in [9.17, 15) is 4.79 Å². The summed E-state index contributed by atoms with van der Waals surface area (Å²) in [6, 6.07) is 1.15. The fraction of sp³-hybridized carbons (Fsp3) is 0.800. The summed E-state index contributed by atoms with van der Waals surface area (Å²) in [6.07, 6.45) is 5.68. The van der Waals surface area contributed by atoms with E-state index in [-0.39, 0.29) is 12.1 Å². The Balaban J connectivity index is 2.28. The first-order valence-corrected chi connectivity index (χ1v) is 7.16. The first-order chi connectivity index (χ1) is 8.80. The van der Waals surface area contributed by atoms with Crippen LogP contribution < -0.4 is 10.6 Å². The minimum Gasteiger partial charge on any atom is -0.444 e. The molecule has 1 rings (SSSR count). The van der Waals surface area contributed by atoms with Gasteiger partial charge in [0, 0.05) is 18.1 Å². The van der Waals surface area contributed by atoms with E-state index < -0.39 is 5.60 Å². The molecule has 0 bridgehead atoms. The van der Waals surface area contributed by atoms with Crippen molar-refractivity contribution in [2.45, 2.75) is 77.1 Å². The molecule has 0 aromatic heterocycles. The molecule has 3 atom stereocenters. The first-order valence-electron chi connectivity index (χ1n) is 7.16. The summed E-state index contributed by atoms with van der Waals surface area (Å²) in [5.74, 6) is 0. The van der Waals surface area contributed by atoms with Crippen molar-refractivity contribution in [1.82, 2.24) is 10.6 Å². The van der Waals surface area contributed by atoms with Crippen molar-refractivity contribution in [1.29, 1.82) is 0 Å². The highest BCUT2D eigenvalue weighted by Crippen LogP contribution is 2.20. The third-order valence-electron chi connectivity index (χ3n) is 3.19. The SMILES string of the molecule is C=CCC(C)NC1CCC(NC(=O)OC(C)(C)C)C1. The molecule has 0 heterocycles. The average Bonchev–Trinajstić information content (AvgIpc) is 2.62. The summed E-state index contributed by atoms with van der Waals surface area (Å²) < 4.78 is 5.27. The highest BCUT2D eigenvalue weighted by molar-refractivity contribution is 5.68. The molecule has 0 radical (unpaired) electrons. The maximum atomic E-state index is 11.7. The molecule has 4 heteroatoms. The summed E-state index contributed by atoms with van der Waals surface area (Å²) in [6.45, 7) is 11.5. The smallest absolute Gasteiger partial charge is 0.407 e. The van der Waals surface area contributed by atoms with Crippen LogP contribution in [0, 0.1) is 0 Å². The molecule has 0 spiro atoms. The number of carbonyl (C=O) groups is 1. The van der Waals surface area contributed by atoms with Gasteiger partial charge in [0.2, 0.25) is 0 Å². The van der Waals surface area contributed by atoms with Crippen LogP contribution in [0.25, 0.3) is 0 Å². The lowest BCUT2D eigenvalue weighted by atomic mass is 10.1. The fourth-order valence-electron chi connectivity index (χ4n) is 2.46. The summed E-state index contributed by atoms with van der Waals surface area (Å²) in [5.41, 5.74) is -0.432. The predicted octanol–water partition coefficient (Wildman–Crippen LogP) is 2.99. The lowest BCUT2D eigenvalue weighted by Gasteiger charge is -2.22. The Morgan fingerprint density at radius 3 is 2.63 bits per heavy atom. The topological polar surface area (TPSA) is 50.4 Å². The lowest BCUT2D eigenvalue weighted by Crippen LogP contribution is -2.40. The molecule has 4 nitrogen and oxygen atoms in total. The van der Waals surface area contributed by atoms with E-state index in [1.54, 1.807) is 0 Å². The van der Waals surface area contributed by atoms with Gasteiger partial charge in [-0.1, -0.05) is 6.08 Å². The normalized spacial score (nSPS) is 24.8. The van der Waals surface area contributed by atoms with Crippen molar-refractivity contribution in [3.63, 3.8) is 0 Å². The molecule has 0 saturated heterocycles. The number of ether oxygens (including phenoxy) is 1. The lowest BCUT2D eigenvalue weighted by molar-refractivity contribution is 0.0505. The molecule has 19 heavy (non-hydrogen) atoms. The van der Waals surface area contributed by atoms with Crippen LogP contribution in [0.4, 0.5) is 4.79 Å². The molecule has 1 amide bonds. The second-order valence-electron chi connectivity index (χ2n) is 6.45. The van der Waals surface area contributed by atoms with Gasteiger partial charge >= 0.3 is 6.09 Å². The van der Waals surface area contributed by atoms with Gasteiger partial charge in [0.05, 0.1) is 0 Å². The van der Waals surface area contributed by atoms with Gasteiger partial charge in [0.25, 0.3) is 0 Å². The minimum atomic E-state index is -0.432. The Hall–Kier alpha value is -1.03. The molecule has 0 aromatic rings. The van der Waals surface area contributed by atoms with Gasteiger partial charge in [0.15, 0.2) is 0 Å². The standard InChI is InChI=1S/C15H28N2O2/c1-6-7-11(2)16-12-8-9-13(10-12)17-14(18)19-15(3,4)5/h6,11-13,16H,1,7-10H2,2-5H3,(H,17,18). The minimum absolute atomic E-state index is 0.225. The molecular formula is C15H28N2O2. The van der Waals surface area contributed by atoms with Crippen molar-refractivity contribution < 1.29 is 9.53 Å². The summed E-state index contributed by atoms with van der Waals surface area (Å²) in [5, 5.41) is 6.52. The van der Waals surface area contributed by atoms with Crippen LogP contribution in [0.1, 0.15) is 53.4 Å². The molecule has 3 unspecified atom stereocenters. The highest BCUT2D eigenvalue weighted by atomic mass is 16.6.